The van der Waals surface area contributed by atoms with Gasteiger partial charge in [-0.15, -0.1) is 17.5 Å². The Balaban J connectivity index is 0. The van der Waals surface area contributed by atoms with Crippen molar-refractivity contribution in [3.63, 3.8) is 0 Å². The van der Waals surface area contributed by atoms with Crippen molar-refractivity contribution in [3.8, 4) is 0 Å². The Morgan fingerprint density at radius 3 is 1.93 bits per heavy atom. The number of hydrogen-bond acceptors (Lipinski definition) is 5. The molecule has 0 aliphatic carbocycles. The van der Waals surface area contributed by atoms with Crippen molar-refractivity contribution >= 4 is 34.4 Å². The number of benzene rings is 3. The van der Waals surface area contributed by atoms with Gasteiger partial charge >= 0.3 is 58.2 Å². The van der Waals surface area contributed by atoms with Gasteiger partial charge in [0.2, 0.25) is 0 Å². The molecule has 0 aliphatic rings. The van der Waals surface area contributed by atoms with Gasteiger partial charge in [-0.1, -0.05) is 95.1 Å². The Morgan fingerprint density at radius 2 is 1.46 bits per heavy atom. The molecule has 0 fully saturated rings. The number of fused-ring (bicyclic) bond motifs is 1. The van der Waals surface area contributed by atoms with E-state index in [4.69, 9.17) is 0 Å². The Morgan fingerprint density at radius 1 is 0.927 bits per heavy atom. The third-order valence-electron chi connectivity index (χ3n) is 6.07. The third kappa shape index (κ3) is 15.1. The molecule has 0 saturated heterocycles. The van der Waals surface area contributed by atoms with Crippen LogP contribution in [0.3, 0.4) is 0 Å². The number of carbonyl (C=O) groups excluding carboxylic acids is 4. The molecular formula is C35H46NO4Rb. The van der Waals surface area contributed by atoms with Crippen molar-refractivity contribution in [1.82, 2.24) is 5.32 Å². The molecule has 1 atom stereocenters. The minimum absolute atomic E-state index is 0. The van der Waals surface area contributed by atoms with Crippen LogP contribution in [0, 0.1) is 24.7 Å². The average molecular weight is 630 g/mol. The maximum absolute atomic E-state index is 12.9. The van der Waals surface area contributed by atoms with Crippen molar-refractivity contribution in [3.05, 3.63) is 102 Å². The zero-order chi connectivity index (χ0) is 30.7. The Hall–Kier alpha value is -2.02. The third-order valence-corrected chi connectivity index (χ3v) is 6.07. The van der Waals surface area contributed by atoms with E-state index in [1.165, 1.54) is 16.8 Å². The van der Waals surface area contributed by atoms with Gasteiger partial charge in [-0.2, -0.15) is 17.5 Å². The molecule has 3 rings (SSSR count). The van der Waals surface area contributed by atoms with Crippen LogP contribution in [0.15, 0.2) is 79.4 Å². The van der Waals surface area contributed by atoms with E-state index >= 15 is 0 Å². The second-order valence-corrected chi connectivity index (χ2v) is 9.71. The molecule has 0 unspecified atom stereocenters. The van der Waals surface area contributed by atoms with E-state index in [0.29, 0.717) is 12.7 Å². The van der Waals surface area contributed by atoms with Gasteiger partial charge in [-0.25, -0.2) is 0 Å². The summed E-state index contributed by atoms with van der Waals surface area (Å²) in [5.74, 6) is 1.09. The zero-order valence-corrected chi connectivity index (χ0v) is 31.3. The maximum atomic E-state index is 12.9. The summed E-state index contributed by atoms with van der Waals surface area (Å²) in [6.45, 7) is 15.0. The quantitative estimate of drug-likeness (QED) is 0.125. The number of hydrogen-bond donors (Lipinski definition) is 1. The minimum Gasteiger partial charge on any atom is -0.323 e. The van der Waals surface area contributed by atoms with Gasteiger partial charge in [0, 0.05) is 17.9 Å². The first-order valence-electron chi connectivity index (χ1n) is 13.6. The van der Waals surface area contributed by atoms with Crippen LogP contribution < -0.4 is 63.5 Å². The smallest absolute Gasteiger partial charge is 0.323 e. The SMILES string of the molecule is C=CC(=O)C(C)C.CCCC(=O)C=O.CNC.Cc1ccccc1C(=O)[C@@H](C)[C-](C)c1cccc2ccccc12.[Rb+]. The molecule has 0 saturated carbocycles. The number of aldehydes is 1. The van der Waals surface area contributed by atoms with E-state index < -0.39 is 0 Å². The van der Waals surface area contributed by atoms with Crippen LogP contribution >= 0.6 is 0 Å². The standard InChI is InChI=1S/C22H21O.C6H10O.C5H8O2.C2H7N.Rb/c1-15-9-4-6-12-19(15)22(23)17(3)16(2)20-14-8-11-18-10-5-7-13-21(18)20;1-4-6(7)5(2)3;1-2-3-5(7)4-6;1-3-2;/h4-14,17H,1-3H3;4-5H,1H2,2-3H3;4H,2-3H2,1H3;3H,1-2H3;/q-1;;;;+1/t17-;;;;/m0..../s1. The van der Waals surface area contributed by atoms with Gasteiger partial charge in [0.25, 0.3) is 0 Å². The summed E-state index contributed by atoms with van der Waals surface area (Å²) in [4.78, 5) is 42.9. The van der Waals surface area contributed by atoms with E-state index in [9.17, 15) is 19.2 Å². The number of allylic oxidation sites excluding steroid dienone is 1. The largest absolute Gasteiger partial charge is 1.00 e. The zero-order valence-electron chi connectivity index (χ0n) is 26.4. The van der Waals surface area contributed by atoms with Crippen LogP contribution in [0.4, 0.5) is 0 Å². The van der Waals surface area contributed by atoms with Gasteiger partial charge < -0.3 is 5.32 Å². The molecule has 0 amide bonds. The molecule has 5 nitrogen and oxygen atoms in total. The van der Waals surface area contributed by atoms with E-state index in [0.717, 1.165) is 29.0 Å². The monoisotopic (exact) mass is 629 g/mol. The topological polar surface area (TPSA) is 80.3 Å². The van der Waals surface area contributed by atoms with Gasteiger partial charge in [-0.05, 0) is 45.0 Å². The van der Waals surface area contributed by atoms with Crippen LogP contribution in [0.2, 0.25) is 0 Å². The fourth-order valence-electron chi connectivity index (χ4n) is 3.62. The fraction of sp³-hybridized carbons (Fsp3) is 0.343. The molecule has 1 N–H and O–H groups in total. The second-order valence-electron chi connectivity index (χ2n) is 9.71. The first-order chi connectivity index (χ1) is 19.0. The number of nitrogens with one attached hydrogen (secondary N) is 1. The van der Waals surface area contributed by atoms with Crippen LogP contribution in [-0.2, 0) is 14.4 Å². The average Bonchev–Trinajstić information content (AvgIpc) is 2.96. The van der Waals surface area contributed by atoms with E-state index in [1.807, 2.05) is 85.1 Å². The van der Waals surface area contributed by atoms with Crippen LogP contribution in [-0.4, -0.2) is 37.7 Å². The number of ketones is 3. The molecule has 0 spiro atoms. The van der Waals surface area contributed by atoms with Crippen LogP contribution in [0.1, 0.15) is 68.9 Å². The molecule has 41 heavy (non-hydrogen) atoms. The molecule has 3 aromatic rings. The molecule has 0 bridgehead atoms. The first kappa shape index (κ1) is 41.1. The summed E-state index contributed by atoms with van der Waals surface area (Å²) in [5.41, 5.74) is 3.02. The van der Waals surface area contributed by atoms with Crippen molar-refractivity contribution < 1.29 is 77.4 Å². The Labute approximate surface area is 296 Å². The molecule has 0 aromatic heterocycles. The molecular weight excluding hydrogens is 584 g/mol. The van der Waals surface area contributed by atoms with E-state index in [-0.39, 0.29) is 87.4 Å². The normalized spacial score (nSPS) is 10.2. The van der Waals surface area contributed by atoms with Crippen molar-refractivity contribution in [2.45, 2.75) is 54.4 Å². The second kappa shape index (κ2) is 23.5. The predicted molar refractivity (Wildman–Crippen MR) is 168 cm³/mol. The molecule has 0 heterocycles. The summed E-state index contributed by atoms with van der Waals surface area (Å²) >= 11 is 0. The van der Waals surface area contributed by atoms with Crippen molar-refractivity contribution in [2.75, 3.05) is 14.1 Å². The van der Waals surface area contributed by atoms with Gasteiger partial charge in [-0.3, -0.25) is 19.2 Å². The summed E-state index contributed by atoms with van der Waals surface area (Å²) in [6.07, 6.45) is 2.87. The molecule has 216 valence electrons. The van der Waals surface area contributed by atoms with Crippen molar-refractivity contribution in [2.24, 2.45) is 11.8 Å². The predicted octanol–water partition coefficient (Wildman–Crippen LogP) is 4.40. The molecule has 3 aromatic carbocycles. The van der Waals surface area contributed by atoms with Crippen molar-refractivity contribution in [1.29, 1.82) is 0 Å². The van der Waals surface area contributed by atoms with Gasteiger partial charge in [0.15, 0.2) is 23.6 Å². The van der Waals surface area contributed by atoms with E-state index in [2.05, 4.69) is 49.2 Å². The minimum atomic E-state index is -0.303. The summed E-state index contributed by atoms with van der Waals surface area (Å²) in [7, 11) is 3.75. The fourth-order valence-corrected chi connectivity index (χ4v) is 3.62. The molecule has 0 radical (unpaired) electrons. The summed E-state index contributed by atoms with van der Waals surface area (Å²) < 4.78 is 0. The van der Waals surface area contributed by atoms with Gasteiger partial charge in [0.1, 0.15) is 0 Å². The number of aryl methyl sites for hydroxylation is 1. The number of carbonyl (C=O) groups is 4. The first-order valence-corrected chi connectivity index (χ1v) is 13.6. The van der Waals surface area contributed by atoms with Crippen LogP contribution in [0.5, 0.6) is 0 Å². The maximum Gasteiger partial charge on any atom is 1.00 e. The van der Waals surface area contributed by atoms with Crippen LogP contribution in [0.25, 0.3) is 10.8 Å². The number of rotatable bonds is 9. The summed E-state index contributed by atoms with van der Waals surface area (Å²) in [6, 6.07) is 22.4. The Bertz CT molecular complexity index is 1230. The Kier molecular flexibility index (Phi) is 23.6. The van der Waals surface area contributed by atoms with E-state index in [1.54, 1.807) is 0 Å². The molecule has 6 heteroatoms. The molecule has 0 aliphatic heterocycles. The number of Topliss-reactive ketones (excluding diaryl/α,β-unsaturated/α-hetero) is 2. The summed E-state index contributed by atoms with van der Waals surface area (Å²) in [5, 5.41) is 5.16. The van der Waals surface area contributed by atoms with Gasteiger partial charge in [0.05, 0.1) is 0 Å².